The van der Waals surface area contributed by atoms with Gasteiger partial charge >= 0.3 is 11.7 Å². The number of ether oxygens (including phenoxy) is 2. The normalized spacial score (nSPS) is 14.7. The Hall–Kier alpha value is -3.55. The number of rotatable bonds is 4. The van der Waals surface area contributed by atoms with Crippen molar-refractivity contribution in [3.05, 3.63) is 64.1 Å². The number of benzene rings is 2. The van der Waals surface area contributed by atoms with Crippen molar-refractivity contribution in [1.29, 1.82) is 0 Å². The minimum atomic E-state index is -0.441. The van der Waals surface area contributed by atoms with Gasteiger partial charge in [0.05, 0.1) is 25.3 Å². The minimum absolute atomic E-state index is 0.0587. The molecule has 2 heterocycles. The van der Waals surface area contributed by atoms with E-state index in [1.165, 1.54) is 7.11 Å². The summed E-state index contributed by atoms with van der Waals surface area (Å²) in [5.74, 6) is -0.290. The Bertz CT molecular complexity index is 1140. The molecule has 30 heavy (non-hydrogen) atoms. The number of hydrogen-bond donors (Lipinski definition) is 0. The molecule has 2 aromatic carbocycles. The van der Waals surface area contributed by atoms with E-state index >= 15 is 0 Å². The van der Waals surface area contributed by atoms with Crippen LogP contribution in [-0.4, -0.2) is 48.7 Å². The smallest absolute Gasteiger partial charge is 0.420 e. The van der Waals surface area contributed by atoms with Gasteiger partial charge in [-0.1, -0.05) is 0 Å². The van der Waals surface area contributed by atoms with Crippen LogP contribution >= 0.6 is 0 Å². The summed E-state index contributed by atoms with van der Waals surface area (Å²) in [7, 11) is 2.89. The molecule has 1 aromatic heterocycles. The van der Waals surface area contributed by atoms with Crippen molar-refractivity contribution >= 4 is 23.0 Å². The van der Waals surface area contributed by atoms with Crippen molar-refractivity contribution in [2.75, 3.05) is 27.3 Å². The maximum Gasteiger partial charge on any atom is 0.420 e. The molecule has 8 nitrogen and oxygen atoms in total. The van der Waals surface area contributed by atoms with Crippen molar-refractivity contribution in [2.24, 2.45) is 0 Å². The summed E-state index contributed by atoms with van der Waals surface area (Å²) in [5, 5.41) is 0. The fourth-order valence-electron chi connectivity index (χ4n) is 3.86. The van der Waals surface area contributed by atoms with E-state index in [4.69, 9.17) is 9.15 Å². The van der Waals surface area contributed by atoms with Crippen LogP contribution in [0, 0.1) is 0 Å². The van der Waals surface area contributed by atoms with Crippen molar-refractivity contribution in [3.63, 3.8) is 0 Å². The average Bonchev–Trinajstić information content (AvgIpc) is 3.13. The fraction of sp³-hybridized carbons (Fsp3) is 0.318. The van der Waals surface area contributed by atoms with Gasteiger partial charge in [-0.05, 0) is 49.2 Å². The molecule has 0 atom stereocenters. The minimum Gasteiger partial charge on any atom is -0.497 e. The van der Waals surface area contributed by atoms with Gasteiger partial charge in [0.2, 0.25) is 0 Å². The molecule has 0 saturated carbocycles. The van der Waals surface area contributed by atoms with Gasteiger partial charge in [-0.2, -0.15) is 0 Å². The molecule has 8 heteroatoms. The molecule has 3 aromatic rings. The lowest BCUT2D eigenvalue weighted by molar-refractivity contribution is 0.0599. The highest BCUT2D eigenvalue weighted by Crippen LogP contribution is 2.28. The third-order valence-corrected chi connectivity index (χ3v) is 5.49. The van der Waals surface area contributed by atoms with E-state index in [9.17, 15) is 14.4 Å². The standard InChI is InChI=1S/C22H22N2O6/c1-28-17-7-8-19-18(13-17)24(22(27)30-19)16-9-11-23(12-10-16)20(25)14-3-5-15(6-4-14)21(26)29-2/h3-8,13,16H,9-12H2,1-2H3. The van der Waals surface area contributed by atoms with E-state index in [-0.39, 0.29) is 11.9 Å². The van der Waals surface area contributed by atoms with E-state index in [0.717, 1.165) is 0 Å². The van der Waals surface area contributed by atoms with Crippen LogP contribution in [0.15, 0.2) is 51.7 Å². The highest BCUT2D eigenvalue weighted by Gasteiger charge is 2.27. The Morgan fingerprint density at radius 3 is 2.30 bits per heavy atom. The Balaban J connectivity index is 1.48. The van der Waals surface area contributed by atoms with Crippen LogP contribution in [0.1, 0.15) is 39.6 Å². The first-order valence-corrected chi connectivity index (χ1v) is 9.68. The first kappa shape index (κ1) is 19.8. The van der Waals surface area contributed by atoms with E-state index in [1.54, 1.807) is 59.0 Å². The van der Waals surface area contributed by atoms with Gasteiger partial charge in [-0.25, -0.2) is 9.59 Å². The molecule has 0 spiro atoms. The van der Waals surface area contributed by atoms with Gasteiger partial charge in [-0.3, -0.25) is 9.36 Å². The third kappa shape index (κ3) is 3.56. The summed E-state index contributed by atoms with van der Waals surface area (Å²) in [6.07, 6.45) is 1.27. The van der Waals surface area contributed by atoms with Crippen LogP contribution in [0.4, 0.5) is 0 Å². The third-order valence-electron chi connectivity index (χ3n) is 5.49. The zero-order valence-electron chi connectivity index (χ0n) is 16.8. The molecular formula is C22H22N2O6. The molecule has 1 amide bonds. The lowest BCUT2D eigenvalue weighted by Gasteiger charge is -2.32. The van der Waals surface area contributed by atoms with Crippen molar-refractivity contribution in [2.45, 2.75) is 18.9 Å². The zero-order chi connectivity index (χ0) is 21.3. The van der Waals surface area contributed by atoms with Crippen LogP contribution in [0.3, 0.4) is 0 Å². The number of likely N-dealkylation sites (tertiary alicyclic amines) is 1. The quantitative estimate of drug-likeness (QED) is 0.615. The second-order valence-corrected chi connectivity index (χ2v) is 7.16. The number of piperidine rings is 1. The molecule has 0 N–H and O–H groups in total. The fourth-order valence-corrected chi connectivity index (χ4v) is 3.86. The molecule has 1 fully saturated rings. The summed E-state index contributed by atoms with van der Waals surface area (Å²) in [5.41, 5.74) is 2.12. The maximum absolute atomic E-state index is 12.8. The van der Waals surface area contributed by atoms with E-state index < -0.39 is 11.7 Å². The van der Waals surface area contributed by atoms with Gasteiger partial charge in [0.15, 0.2) is 5.58 Å². The first-order chi connectivity index (χ1) is 14.5. The van der Waals surface area contributed by atoms with E-state index in [0.29, 0.717) is 53.9 Å². The number of fused-ring (bicyclic) bond motifs is 1. The van der Waals surface area contributed by atoms with Gasteiger partial charge in [-0.15, -0.1) is 0 Å². The van der Waals surface area contributed by atoms with E-state index in [1.807, 2.05) is 0 Å². The van der Waals surface area contributed by atoms with Crippen LogP contribution in [-0.2, 0) is 4.74 Å². The van der Waals surface area contributed by atoms with Crippen molar-refractivity contribution in [3.8, 4) is 5.75 Å². The number of oxazole rings is 1. The number of hydrogen-bond acceptors (Lipinski definition) is 6. The van der Waals surface area contributed by atoms with E-state index in [2.05, 4.69) is 4.74 Å². The second kappa shape index (κ2) is 8.06. The first-order valence-electron chi connectivity index (χ1n) is 9.68. The Kier molecular flexibility index (Phi) is 5.31. The number of esters is 1. The molecule has 1 saturated heterocycles. The number of amides is 1. The zero-order valence-corrected chi connectivity index (χ0v) is 16.8. The van der Waals surface area contributed by atoms with Gasteiger partial charge in [0.1, 0.15) is 5.75 Å². The molecule has 156 valence electrons. The lowest BCUT2D eigenvalue weighted by atomic mass is 10.0. The van der Waals surface area contributed by atoms with Crippen LogP contribution in [0.2, 0.25) is 0 Å². The summed E-state index contributed by atoms with van der Waals surface area (Å²) in [6.45, 7) is 1.04. The SMILES string of the molecule is COC(=O)c1ccc(C(=O)N2CCC(n3c(=O)oc4ccc(OC)cc43)CC2)cc1. The van der Waals surface area contributed by atoms with Gasteiger partial charge in [0, 0.05) is 30.8 Å². The Morgan fingerprint density at radius 2 is 1.67 bits per heavy atom. The largest absolute Gasteiger partial charge is 0.497 e. The Morgan fingerprint density at radius 1 is 1.00 bits per heavy atom. The molecule has 0 radical (unpaired) electrons. The van der Waals surface area contributed by atoms with Crippen molar-refractivity contribution in [1.82, 2.24) is 9.47 Å². The molecule has 1 aliphatic rings. The van der Waals surface area contributed by atoms with Crippen LogP contribution in [0.5, 0.6) is 5.75 Å². The number of carbonyl (C=O) groups is 2. The summed E-state index contributed by atoms with van der Waals surface area (Å²) in [4.78, 5) is 38.5. The topological polar surface area (TPSA) is 91.0 Å². The Labute approximate surface area is 172 Å². The maximum atomic E-state index is 12.8. The molecule has 0 aliphatic carbocycles. The number of methoxy groups -OCH3 is 2. The van der Waals surface area contributed by atoms with Crippen LogP contribution in [0.25, 0.3) is 11.1 Å². The summed E-state index contributed by atoms with van der Waals surface area (Å²) in [6, 6.07) is 11.6. The van der Waals surface area contributed by atoms with Gasteiger partial charge in [0.25, 0.3) is 5.91 Å². The van der Waals surface area contributed by atoms with Crippen LogP contribution < -0.4 is 10.5 Å². The monoisotopic (exact) mass is 410 g/mol. The molecule has 4 rings (SSSR count). The summed E-state index contributed by atoms with van der Waals surface area (Å²) < 4.78 is 17.0. The average molecular weight is 410 g/mol. The highest BCUT2D eigenvalue weighted by atomic mass is 16.5. The lowest BCUT2D eigenvalue weighted by Crippen LogP contribution is -2.40. The van der Waals surface area contributed by atoms with Crippen molar-refractivity contribution < 1.29 is 23.5 Å². The molecule has 0 unspecified atom stereocenters. The predicted octanol–water partition coefficient (Wildman–Crippen LogP) is 2.87. The molecule has 0 bridgehead atoms. The number of carbonyl (C=O) groups excluding carboxylic acids is 2. The predicted molar refractivity (Wildman–Crippen MR) is 109 cm³/mol. The highest BCUT2D eigenvalue weighted by molar-refractivity contribution is 5.96. The number of aromatic nitrogens is 1. The molecular weight excluding hydrogens is 388 g/mol. The van der Waals surface area contributed by atoms with Gasteiger partial charge < -0.3 is 18.8 Å². The second-order valence-electron chi connectivity index (χ2n) is 7.16. The number of nitrogens with zero attached hydrogens (tertiary/aromatic N) is 2. The summed E-state index contributed by atoms with van der Waals surface area (Å²) >= 11 is 0. The molecule has 1 aliphatic heterocycles.